The van der Waals surface area contributed by atoms with Gasteiger partial charge in [-0.1, -0.05) is 37.8 Å². The molecule has 0 heterocycles. The Labute approximate surface area is 91.4 Å². The highest BCUT2D eigenvalue weighted by atomic mass is 16.5. The molecule has 0 saturated carbocycles. The number of rotatable bonds is 8. The summed E-state index contributed by atoms with van der Waals surface area (Å²) in [6.07, 6.45) is 4.49. The van der Waals surface area contributed by atoms with Crippen LogP contribution in [0.1, 0.15) is 52.9 Å². The van der Waals surface area contributed by atoms with E-state index in [-0.39, 0.29) is 6.10 Å². The molecule has 15 heavy (non-hydrogen) atoms. The van der Waals surface area contributed by atoms with Gasteiger partial charge in [0.25, 0.3) is 0 Å². The Hall–Kier alpha value is -0.930. The van der Waals surface area contributed by atoms with E-state index in [0.717, 1.165) is 25.7 Å². The van der Waals surface area contributed by atoms with E-state index < -0.39 is 12.0 Å². The SMILES string of the molecule is CCCCCCC(N=O)C(=O)OC(C)C. The number of hydrogen-bond donors (Lipinski definition) is 0. The van der Waals surface area contributed by atoms with Crippen LogP contribution in [0.5, 0.6) is 0 Å². The van der Waals surface area contributed by atoms with Crippen molar-refractivity contribution in [1.82, 2.24) is 0 Å². The average molecular weight is 215 g/mol. The minimum absolute atomic E-state index is 0.183. The van der Waals surface area contributed by atoms with Crippen molar-refractivity contribution in [2.75, 3.05) is 0 Å². The first-order valence-corrected chi connectivity index (χ1v) is 5.64. The van der Waals surface area contributed by atoms with E-state index in [0.29, 0.717) is 6.42 Å². The summed E-state index contributed by atoms with van der Waals surface area (Å²) in [4.78, 5) is 21.8. The van der Waals surface area contributed by atoms with Gasteiger partial charge in [0, 0.05) is 0 Å². The Kier molecular flexibility index (Phi) is 7.86. The van der Waals surface area contributed by atoms with Crippen molar-refractivity contribution in [3.05, 3.63) is 4.91 Å². The van der Waals surface area contributed by atoms with Crippen molar-refractivity contribution in [2.45, 2.75) is 65.0 Å². The van der Waals surface area contributed by atoms with Crippen molar-refractivity contribution < 1.29 is 9.53 Å². The summed E-state index contributed by atoms with van der Waals surface area (Å²) in [6, 6.07) is -0.816. The molecule has 0 spiro atoms. The van der Waals surface area contributed by atoms with Crippen LogP contribution < -0.4 is 0 Å². The van der Waals surface area contributed by atoms with Crippen LogP contribution in [0.3, 0.4) is 0 Å². The molecule has 88 valence electrons. The van der Waals surface area contributed by atoms with Gasteiger partial charge in [-0.15, -0.1) is 4.91 Å². The quantitative estimate of drug-likeness (QED) is 0.355. The van der Waals surface area contributed by atoms with Gasteiger partial charge in [0.2, 0.25) is 0 Å². The molecule has 0 saturated heterocycles. The lowest BCUT2D eigenvalue weighted by atomic mass is 10.1. The van der Waals surface area contributed by atoms with Gasteiger partial charge in [0.05, 0.1) is 6.10 Å². The molecule has 0 aliphatic carbocycles. The Balaban J connectivity index is 3.80. The van der Waals surface area contributed by atoms with Crippen molar-refractivity contribution in [3.63, 3.8) is 0 Å². The first kappa shape index (κ1) is 14.1. The Bertz CT molecular complexity index is 192. The third-order valence-electron chi connectivity index (χ3n) is 2.08. The number of esters is 1. The third kappa shape index (κ3) is 7.05. The predicted molar refractivity (Wildman–Crippen MR) is 59.6 cm³/mol. The molecule has 0 aromatic carbocycles. The highest BCUT2D eigenvalue weighted by Gasteiger charge is 2.21. The summed E-state index contributed by atoms with van der Waals surface area (Å²) < 4.78 is 4.93. The molecular weight excluding hydrogens is 194 g/mol. The number of hydrogen-bond acceptors (Lipinski definition) is 4. The van der Waals surface area contributed by atoms with Crippen molar-refractivity contribution in [2.24, 2.45) is 5.18 Å². The summed E-state index contributed by atoms with van der Waals surface area (Å²) in [5, 5.41) is 2.81. The normalized spacial score (nSPS) is 12.5. The molecule has 0 aromatic heterocycles. The summed E-state index contributed by atoms with van der Waals surface area (Å²) in [5.74, 6) is -0.489. The summed E-state index contributed by atoms with van der Waals surface area (Å²) in [5.41, 5.74) is 0. The second-order valence-electron chi connectivity index (χ2n) is 3.96. The van der Waals surface area contributed by atoms with Crippen LogP contribution in [0, 0.1) is 4.91 Å². The number of ether oxygens (including phenoxy) is 1. The molecule has 0 N–H and O–H groups in total. The molecule has 1 atom stereocenters. The minimum Gasteiger partial charge on any atom is -0.461 e. The maximum absolute atomic E-state index is 11.3. The fourth-order valence-electron chi connectivity index (χ4n) is 1.29. The molecule has 0 radical (unpaired) electrons. The summed E-state index contributed by atoms with van der Waals surface area (Å²) in [7, 11) is 0. The first-order valence-electron chi connectivity index (χ1n) is 5.64. The Morgan fingerprint density at radius 3 is 2.40 bits per heavy atom. The highest BCUT2D eigenvalue weighted by Crippen LogP contribution is 2.10. The topological polar surface area (TPSA) is 55.7 Å². The van der Waals surface area contributed by atoms with Crippen LogP contribution in [0.15, 0.2) is 5.18 Å². The highest BCUT2D eigenvalue weighted by molar-refractivity contribution is 5.76. The van der Waals surface area contributed by atoms with E-state index >= 15 is 0 Å². The Morgan fingerprint density at radius 1 is 1.27 bits per heavy atom. The number of nitrogens with zero attached hydrogens (tertiary/aromatic N) is 1. The molecule has 1 unspecified atom stereocenters. The van der Waals surface area contributed by atoms with Crippen molar-refractivity contribution in [3.8, 4) is 0 Å². The molecule has 0 bridgehead atoms. The van der Waals surface area contributed by atoms with Gasteiger partial charge >= 0.3 is 5.97 Å². The molecule has 0 aromatic rings. The molecule has 4 nitrogen and oxygen atoms in total. The molecule has 0 amide bonds. The average Bonchev–Trinajstić information content (AvgIpc) is 2.16. The lowest BCUT2D eigenvalue weighted by Gasteiger charge is -2.11. The molecule has 4 heteroatoms. The molecule has 0 fully saturated rings. The minimum atomic E-state index is -0.816. The van der Waals surface area contributed by atoms with Gasteiger partial charge in [0.15, 0.2) is 6.04 Å². The van der Waals surface area contributed by atoms with Gasteiger partial charge in [-0.25, -0.2) is 4.79 Å². The van der Waals surface area contributed by atoms with Gasteiger partial charge in [-0.2, -0.15) is 0 Å². The van der Waals surface area contributed by atoms with E-state index in [1.807, 2.05) is 0 Å². The zero-order valence-electron chi connectivity index (χ0n) is 9.86. The molecule has 0 rings (SSSR count). The monoisotopic (exact) mass is 215 g/mol. The fourth-order valence-corrected chi connectivity index (χ4v) is 1.29. The largest absolute Gasteiger partial charge is 0.461 e. The van der Waals surface area contributed by atoms with Gasteiger partial charge in [-0.3, -0.25) is 0 Å². The third-order valence-corrected chi connectivity index (χ3v) is 2.08. The van der Waals surface area contributed by atoms with Gasteiger partial charge in [0.1, 0.15) is 0 Å². The lowest BCUT2D eigenvalue weighted by Crippen LogP contribution is -2.24. The lowest BCUT2D eigenvalue weighted by molar-refractivity contribution is -0.149. The van der Waals surface area contributed by atoms with E-state index in [2.05, 4.69) is 12.1 Å². The number of unbranched alkanes of at least 4 members (excludes halogenated alkanes) is 3. The van der Waals surface area contributed by atoms with Crippen LogP contribution in [0.25, 0.3) is 0 Å². The van der Waals surface area contributed by atoms with Gasteiger partial charge < -0.3 is 4.74 Å². The summed E-state index contributed by atoms with van der Waals surface area (Å²) in [6.45, 7) is 5.64. The van der Waals surface area contributed by atoms with Crippen molar-refractivity contribution >= 4 is 5.97 Å². The Morgan fingerprint density at radius 2 is 1.93 bits per heavy atom. The van der Waals surface area contributed by atoms with Crippen LogP contribution in [-0.2, 0) is 9.53 Å². The van der Waals surface area contributed by atoms with E-state index in [9.17, 15) is 9.70 Å². The van der Waals surface area contributed by atoms with E-state index in [1.54, 1.807) is 13.8 Å². The number of nitroso groups, excluding NO2 is 1. The van der Waals surface area contributed by atoms with Crippen molar-refractivity contribution in [1.29, 1.82) is 0 Å². The predicted octanol–water partition coefficient (Wildman–Crippen LogP) is 3.04. The smallest absolute Gasteiger partial charge is 0.334 e. The first-order chi connectivity index (χ1) is 7.11. The number of carbonyl (C=O) groups excluding carboxylic acids is 1. The summed E-state index contributed by atoms with van der Waals surface area (Å²) >= 11 is 0. The second-order valence-corrected chi connectivity index (χ2v) is 3.96. The van der Waals surface area contributed by atoms with E-state index in [1.165, 1.54) is 0 Å². The van der Waals surface area contributed by atoms with Gasteiger partial charge in [-0.05, 0) is 20.3 Å². The van der Waals surface area contributed by atoms with Crippen LogP contribution in [0.2, 0.25) is 0 Å². The zero-order chi connectivity index (χ0) is 11.7. The molecule has 0 aliphatic rings. The second kappa shape index (κ2) is 8.38. The maximum Gasteiger partial charge on any atom is 0.334 e. The maximum atomic E-state index is 11.3. The standard InChI is InChI=1S/C11H21NO3/c1-4-5-6-7-8-10(12-14)11(13)15-9(2)3/h9-10H,4-8H2,1-3H3. The van der Waals surface area contributed by atoms with Crippen LogP contribution >= 0.6 is 0 Å². The molecular formula is C11H21NO3. The molecule has 0 aliphatic heterocycles. The zero-order valence-corrected chi connectivity index (χ0v) is 9.86. The number of carbonyl (C=O) groups is 1. The van der Waals surface area contributed by atoms with Crippen LogP contribution in [-0.4, -0.2) is 18.1 Å². The van der Waals surface area contributed by atoms with E-state index in [4.69, 9.17) is 4.74 Å². The van der Waals surface area contributed by atoms with Crippen LogP contribution in [0.4, 0.5) is 0 Å². The fraction of sp³-hybridized carbons (Fsp3) is 0.909.